The number of nitrogen functional groups attached to an aromatic ring is 1. The third-order valence-corrected chi connectivity index (χ3v) is 6.13. The monoisotopic (exact) mass is 377 g/mol. The Labute approximate surface area is 163 Å². The lowest BCUT2D eigenvalue weighted by atomic mass is 9.94. The predicted molar refractivity (Wildman–Crippen MR) is 108 cm³/mol. The molecule has 2 saturated heterocycles. The molecule has 4 heterocycles. The molecule has 0 bridgehead atoms. The Bertz CT molecular complexity index is 1090. The van der Waals surface area contributed by atoms with Gasteiger partial charge in [0.05, 0.1) is 17.9 Å². The second kappa shape index (κ2) is 6.04. The smallest absolute Gasteiger partial charge is 0.134 e. The van der Waals surface area contributed by atoms with Crippen molar-refractivity contribution in [2.24, 2.45) is 0 Å². The fourth-order valence-electron chi connectivity index (χ4n) is 4.36. The molecule has 1 spiro atoms. The first-order valence-electron chi connectivity index (χ1n) is 9.57. The van der Waals surface area contributed by atoms with E-state index in [-0.39, 0.29) is 11.4 Å². The van der Waals surface area contributed by atoms with Gasteiger partial charge in [-0.1, -0.05) is 6.07 Å². The number of pyridine rings is 1. The van der Waals surface area contributed by atoms with Crippen LogP contribution in [0, 0.1) is 13.8 Å². The van der Waals surface area contributed by atoms with Crippen molar-refractivity contribution in [3.63, 3.8) is 0 Å². The molecule has 2 aliphatic heterocycles. The number of benzene rings is 1. The number of phenolic OH excluding ortho intramolecular Hbond substituents is 1. The normalized spacial score (nSPS) is 21.4. The number of anilines is 2. The zero-order valence-corrected chi connectivity index (χ0v) is 16.1. The van der Waals surface area contributed by atoms with Gasteiger partial charge in [-0.3, -0.25) is 0 Å². The van der Waals surface area contributed by atoms with Gasteiger partial charge in [-0.2, -0.15) is 0 Å². The third kappa shape index (κ3) is 2.50. The number of fused-ring (bicyclic) bond motifs is 1. The van der Waals surface area contributed by atoms with E-state index in [4.69, 9.17) is 15.5 Å². The Morgan fingerprint density at radius 3 is 2.75 bits per heavy atom. The van der Waals surface area contributed by atoms with Gasteiger partial charge in [0.1, 0.15) is 29.2 Å². The summed E-state index contributed by atoms with van der Waals surface area (Å²) in [6.45, 7) is 6.47. The van der Waals surface area contributed by atoms with E-state index >= 15 is 0 Å². The SMILES string of the molecule is Cc1ccc(O)c(C)c1-c1nc(N2CCC3(CCO3)C2)cc2c(N)ncnc12. The van der Waals surface area contributed by atoms with E-state index in [0.29, 0.717) is 11.3 Å². The molecular formula is C21H23N5O2. The van der Waals surface area contributed by atoms with Crippen LogP contribution in [0.25, 0.3) is 22.2 Å². The van der Waals surface area contributed by atoms with Crippen LogP contribution in [0.5, 0.6) is 5.75 Å². The van der Waals surface area contributed by atoms with Gasteiger partial charge in [-0.05, 0) is 38.0 Å². The quantitative estimate of drug-likeness (QED) is 0.708. The van der Waals surface area contributed by atoms with Crippen LogP contribution in [-0.2, 0) is 4.74 Å². The van der Waals surface area contributed by atoms with Crippen LogP contribution in [0.2, 0.25) is 0 Å². The maximum absolute atomic E-state index is 10.3. The molecule has 0 amide bonds. The van der Waals surface area contributed by atoms with Crippen LogP contribution in [-0.4, -0.2) is 45.4 Å². The molecular weight excluding hydrogens is 354 g/mol. The van der Waals surface area contributed by atoms with Crippen LogP contribution in [0.15, 0.2) is 24.5 Å². The van der Waals surface area contributed by atoms with Crippen molar-refractivity contribution < 1.29 is 9.84 Å². The van der Waals surface area contributed by atoms with Crippen molar-refractivity contribution in [2.45, 2.75) is 32.3 Å². The van der Waals surface area contributed by atoms with E-state index in [2.05, 4.69) is 14.9 Å². The molecule has 144 valence electrons. The first-order chi connectivity index (χ1) is 13.5. The van der Waals surface area contributed by atoms with E-state index in [1.165, 1.54) is 6.33 Å². The minimum atomic E-state index is -0.0214. The number of ether oxygens (including phenoxy) is 1. The number of nitrogens with zero attached hydrogens (tertiary/aromatic N) is 4. The Morgan fingerprint density at radius 2 is 2.04 bits per heavy atom. The average molecular weight is 377 g/mol. The molecule has 1 aromatic carbocycles. The molecule has 2 aliphatic rings. The van der Waals surface area contributed by atoms with Crippen molar-refractivity contribution in [1.82, 2.24) is 15.0 Å². The summed E-state index contributed by atoms with van der Waals surface area (Å²) >= 11 is 0. The van der Waals surface area contributed by atoms with Gasteiger partial charge < -0.3 is 20.5 Å². The number of nitrogens with two attached hydrogens (primary N) is 1. The minimum absolute atomic E-state index is 0.0214. The number of rotatable bonds is 2. The number of aromatic hydroxyl groups is 1. The molecule has 28 heavy (non-hydrogen) atoms. The molecule has 7 heteroatoms. The van der Waals surface area contributed by atoms with Crippen molar-refractivity contribution in [3.8, 4) is 17.0 Å². The number of phenols is 1. The Balaban J connectivity index is 1.73. The van der Waals surface area contributed by atoms with Crippen LogP contribution in [0.3, 0.4) is 0 Å². The maximum atomic E-state index is 10.3. The fourth-order valence-corrected chi connectivity index (χ4v) is 4.36. The van der Waals surface area contributed by atoms with Crippen LogP contribution >= 0.6 is 0 Å². The summed E-state index contributed by atoms with van der Waals surface area (Å²) in [6, 6.07) is 5.58. The zero-order valence-electron chi connectivity index (χ0n) is 16.1. The topological polar surface area (TPSA) is 97.4 Å². The Kier molecular flexibility index (Phi) is 3.71. The third-order valence-electron chi connectivity index (χ3n) is 6.13. The van der Waals surface area contributed by atoms with Gasteiger partial charge in [-0.15, -0.1) is 0 Å². The van der Waals surface area contributed by atoms with Crippen LogP contribution < -0.4 is 10.6 Å². The van der Waals surface area contributed by atoms with E-state index in [0.717, 1.165) is 66.1 Å². The molecule has 3 aromatic rings. The summed E-state index contributed by atoms with van der Waals surface area (Å²) in [6.07, 6.45) is 3.57. The van der Waals surface area contributed by atoms with E-state index in [1.54, 1.807) is 6.07 Å². The van der Waals surface area contributed by atoms with Gasteiger partial charge in [0, 0.05) is 36.0 Å². The van der Waals surface area contributed by atoms with Crippen LogP contribution in [0.4, 0.5) is 11.6 Å². The second-order valence-corrected chi connectivity index (χ2v) is 7.84. The molecule has 0 radical (unpaired) electrons. The molecule has 3 N–H and O–H groups in total. The lowest BCUT2D eigenvalue weighted by molar-refractivity contribution is -0.130. The van der Waals surface area contributed by atoms with Crippen molar-refractivity contribution in [1.29, 1.82) is 0 Å². The summed E-state index contributed by atoms with van der Waals surface area (Å²) < 4.78 is 5.86. The van der Waals surface area contributed by atoms with Gasteiger partial charge in [0.2, 0.25) is 0 Å². The first-order valence-corrected chi connectivity index (χ1v) is 9.57. The summed E-state index contributed by atoms with van der Waals surface area (Å²) in [4.78, 5) is 15.9. The van der Waals surface area contributed by atoms with Crippen molar-refractivity contribution in [2.75, 3.05) is 30.3 Å². The molecule has 2 fully saturated rings. The van der Waals surface area contributed by atoms with Gasteiger partial charge in [0.15, 0.2) is 0 Å². The first kappa shape index (κ1) is 17.2. The van der Waals surface area contributed by atoms with Gasteiger partial charge in [-0.25, -0.2) is 15.0 Å². The Hall–Kier alpha value is -2.93. The molecule has 1 atom stereocenters. The number of hydrogen-bond acceptors (Lipinski definition) is 7. The summed E-state index contributed by atoms with van der Waals surface area (Å²) in [7, 11) is 0. The van der Waals surface area contributed by atoms with Gasteiger partial charge >= 0.3 is 0 Å². The second-order valence-electron chi connectivity index (χ2n) is 7.84. The number of aromatic nitrogens is 3. The summed E-state index contributed by atoms with van der Waals surface area (Å²) in [5.74, 6) is 1.52. The molecule has 1 unspecified atom stereocenters. The van der Waals surface area contributed by atoms with Crippen LogP contribution in [0.1, 0.15) is 24.0 Å². The number of hydrogen-bond donors (Lipinski definition) is 2. The standard InChI is InChI=1S/C21H23N5O2/c1-12-3-4-15(27)13(2)17(12)19-18-14(20(22)24-11-23-18)9-16(25-19)26-7-5-21(10-26)6-8-28-21/h3-4,9,11,27H,5-8,10H2,1-2H3,(H2,22,23,24). The molecule has 5 rings (SSSR count). The van der Waals surface area contributed by atoms with E-state index < -0.39 is 0 Å². The highest BCUT2D eigenvalue weighted by atomic mass is 16.5. The molecule has 7 nitrogen and oxygen atoms in total. The molecule has 0 saturated carbocycles. The number of aryl methyl sites for hydroxylation is 1. The van der Waals surface area contributed by atoms with Crippen molar-refractivity contribution in [3.05, 3.63) is 35.7 Å². The Morgan fingerprint density at radius 1 is 1.21 bits per heavy atom. The summed E-state index contributed by atoms with van der Waals surface area (Å²) in [5, 5.41) is 11.1. The lowest BCUT2D eigenvalue weighted by Crippen LogP contribution is -2.46. The largest absolute Gasteiger partial charge is 0.508 e. The predicted octanol–water partition coefficient (Wildman–Crippen LogP) is 2.97. The van der Waals surface area contributed by atoms with Crippen molar-refractivity contribution >= 4 is 22.5 Å². The maximum Gasteiger partial charge on any atom is 0.134 e. The minimum Gasteiger partial charge on any atom is -0.508 e. The molecule has 2 aromatic heterocycles. The highest BCUT2D eigenvalue weighted by Crippen LogP contribution is 2.41. The zero-order chi connectivity index (χ0) is 19.5. The highest BCUT2D eigenvalue weighted by Gasteiger charge is 2.45. The van der Waals surface area contributed by atoms with Gasteiger partial charge in [0.25, 0.3) is 0 Å². The molecule has 0 aliphatic carbocycles. The van der Waals surface area contributed by atoms with E-state index in [1.807, 2.05) is 26.0 Å². The average Bonchev–Trinajstić information content (AvgIpc) is 3.12. The summed E-state index contributed by atoms with van der Waals surface area (Å²) in [5.41, 5.74) is 10.3. The highest BCUT2D eigenvalue weighted by molar-refractivity contribution is 5.99. The lowest BCUT2D eigenvalue weighted by Gasteiger charge is -2.38. The van der Waals surface area contributed by atoms with E-state index in [9.17, 15) is 5.11 Å². The fraction of sp³-hybridized carbons (Fsp3) is 0.381.